The Morgan fingerprint density at radius 1 is 0.907 bits per heavy atom. The lowest BCUT2D eigenvalue weighted by molar-refractivity contribution is -0.141. The molecule has 7 nitrogen and oxygen atoms in total. The number of aryl methyl sites for hydroxylation is 1. The van der Waals surface area contributed by atoms with Crippen molar-refractivity contribution in [3.8, 4) is 22.6 Å². The standard InChI is InChI=1S/C43H44ClF3N2O5/c1-26-28(10-11-30-21-40(53-2)32(20-37(30)43(45,46)47)24-49-17-15-31(23-49)42(51)52)5-3-6-34(26)36-7-4-8-39(41(36)44)54-38-14-12-29-19-27(9-13-35(29)38)22-48-18-16-33(50)25-48/h3-11,13,19-21,31,33,38,50H,12,14-18,22-25H2,1-2H3,(H,51,52)/b11-10+/t31-,33-,38?/m1/s1. The van der Waals surface area contributed by atoms with E-state index in [0.717, 1.165) is 66.2 Å². The number of β-amino-alcohol motifs (C(OH)–C–C–N with tert-alkyl or cyclic N) is 1. The third-order valence-corrected chi connectivity index (χ3v) is 11.4. The second-order valence-electron chi connectivity index (χ2n) is 14.6. The Balaban J connectivity index is 1.11. The molecule has 284 valence electrons. The van der Waals surface area contributed by atoms with Crippen LogP contribution in [-0.2, 0) is 30.5 Å². The number of carboxylic acids is 1. The van der Waals surface area contributed by atoms with Gasteiger partial charge in [0.05, 0.1) is 29.7 Å². The first kappa shape index (κ1) is 37.9. The van der Waals surface area contributed by atoms with Crippen molar-refractivity contribution in [1.29, 1.82) is 0 Å². The van der Waals surface area contributed by atoms with Gasteiger partial charge in [-0.25, -0.2) is 0 Å². The smallest absolute Gasteiger partial charge is 0.417 e. The molecule has 2 fully saturated rings. The van der Waals surface area contributed by atoms with Crippen LogP contribution in [0.4, 0.5) is 13.2 Å². The molecule has 54 heavy (non-hydrogen) atoms. The van der Waals surface area contributed by atoms with E-state index in [9.17, 15) is 28.2 Å². The molecule has 7 rings (SSSR count). The molecular weight excluding hydrogens is 717 g/mol. The van der Waals surface area contributed by atoms with Crippen molar-refractivity contribution in [2.45, 2.75) is 64.1 Å². The lowest BCUT2D eigenvalue weighted by Crippen LogP contribution is -2.23. The van der Waals surface area contributed by atoms with Crippen molar-refractivity contribution >= 4 is 29.7 Å². The first-order chi connectivity index (χ1) is 25.9. The van der Waals surface area contributed by atoms with Crippen LogP contribution in [0, 0.1) is 12.8 Å². The molecule has 4 aromatic rings. The van der Waals surface area contributed by atoms with Crippen molar-refractivity contribution in [2.24, 2.45) is 5.92 Å². The van der Waals surface area contributed by atoms with E-state index in [1.165, 1.54) is 30.4 Å². The van der Waals surface area contributed by atoms with Crippen LogP contribution in [0.3, 0.4) is 0 Å². The molecular formula is C43H44ClF3N2O5. The highest BCUT2D eigenvalue weighted by atomic mass is 35.5. The molecule has 0 saturated carbocycles. The van der Waals surface area contributed by atoms with Crippen molar-refractivity contribution in [2.75, 3.05) is 33.3 Å². The molecule has 11 heteroatoms. The normalized spacial score (nSPS) is 20.5. The number of nitrogens with zero attached hydrogens (tertiary/aromatic N) is 2. The number of methoxy groups -OCH3 is 1. The SMILES string of the molecule is COc1cc(/C=C/c2cccc(-c3cccc(OC4CCc5cc(CN6CC[C@@H](O)C6)ccc54)c3Cl)c2C)c(C(F)(F)F)cc1CN1CC[C@@H](C(=O)O)C1. The number of rotatable bonds is 11. The average molecular weight is 761 g/mol. The average Bonchev–Trinajstić information content (AvgIpc) is 3.89. The summed E-state index contributed by atoms with van der Waals surface area (Å²) in [7, 11) is 1.42. The monoisotopic (exact) mass is 760 g/mol. The van der Waals surface area contributed by atoms with Gasteiger partial charge in [0.15, 0.2) is 0 Å². The van der Waals surface area contributed by atoms with E-state index in [2.05, 4.69) is 23.1 Å². The summed E-state index contributed by atoms with van der Waals surface area (Å²) in [5.74, 6) is -0.560. The maximum absolute atomic E-state index is 14.4. The van der Waals surface area contributed by atoms with Crippen molar-refractivity contribution < 1.29 is 37.7 Å². The fourth-order valence-electron chi connectivity index (χ4n) is 8.09. The van der Waals surface area contributed by atoms with Crippen molar-refractivity contribution in [1.82, 2.24) is 9.80 Å². The van der Waals surface area contributed by atoms with Crippen molar-refractivity contribution in [3.05, 3.63) is 116 Å². The zero-order valence-corrected chi connectivity index (χ0v) is 31.1. The van der Waals surface area contributed by atoms with E-state index < -0.39 is 23.6 Å². The molecule has 1 aliphatic carbocycles. The molecule has 0 aromatic heterocycles. The van der Waals surface area contributed by atoms with E-state index in [-0.39, 0.29) is 30.9 Å². The Morgan fingerprint density at radius 3 is 2.37 bits per heavy atom. The number of alkyl halides is 3. The fourth-order valence-corrected chi connectivity index (χ4v) is 8.36. The van der Waals surface area contributed by atoms with Crippen LogP contribution in [0.25, 0.3) is 23.3 Å². The molecule has 0 amide bonds. The van der Waals surface area contributed by atoms with Crippen LogP contribution in [0.1, 0.15) is 69.9 Å². The molecule has 2 saturated heterocycles. The number of halogens is 4. The summed E-state index contributed by atoms with van der Waals surface area (Å²) in [6.45, 7) is 5.26. The van der Waals surface area contributed by atoms with Gasteiger partial charge in [0.25, 0.3) is 0 Å². The van der Waals surface area contributed by atoms with E-state index in [4.69, 9.17) is 21.1 Å². The van der Waals surface area contributed by atoms with Gasteiger partial charge in [0.1, 0.15) is 17.6 Å². The van der Waals surface area contributed by atoms with Crippen LogP contribution in [0.15, 0.2) is 66.7 Å². The summed E-state index contributed by atoms with van der Waals surface area (Å²) in [5.41, 5.74) is 6.34. The fraction of sp³-hybridized carbons (Fsp3) is 0.372. The Labute approximate surface area is 318 Å². The van der Waals surface area contributed by atoms with Gasteiger partial charge in [-0.05, 0) is 96.3 Å². The summed E-state index contributed by atoms with van der Waals surface area (Å²) in [6, 6.07) is 20.4. The second kappa shape index (κ2) is 15.8. The number of likely N-dealkylation sites (tertiary alicyclic amines) is 2. The Kier molecular flexibility index (Phi) is 11.1. The number of carbonyl (C=O) groups is 1. The van der Waals surface area contributed by atoms with E-state index in [1.54, 1.807) is 6.08 Å². The third-order valence-electron chi connectivity index (χ3n) is 11.0. The minimum absolute atomic E-state index is 0.0371. The van der Waals surface area contributed by atoms with Gasteiger partial charge in [0, 0.05) is 43.9 Å². The highest BCUT2D eigenvalue weighted by molar-refractivity contribution is 6.34. The predicted octanol–water partition coefficient (Wildman–Crippen LogP) is 9.05. The number of carboxylic acid groups (broad SMARTS) is 1. The third kappa shape index (κ3) is 8.17. The molecule has 4 aromatic carbocycles. The van der Waals surface area contributed by atoms with Crippen LogP contribution >= 0.6 is 11.6 Å². The quantitative estimate of drug-likeness (QED) is 0.148. The first-order valence-electron chi connectivity index (χ1n) is 18.4. The van der Waals surface area contributed by atoms with Gasteiger partial charge in [-0.1, -0.05) is 72.3 Å². The molecule has 2 heterocycles. The number of ether oxygens (including phenoxy) is 2. The molecule has 3 aliphatic rings. The largest absolute Gasteiger partial charge is 0.496 e. The number of fused-ring (bicyclic) bond motifs is 1. The summed E-state index contributed by atoms with van der Waals surface area (Å²) < 4.78 is 55.4. The Morgan fingerprint density at radius 2 is 1.65 bits per heavy atom. The number of hydrogen-bond donors (Lipinski definition) is 2. The number of aliphatic carboxylic acids is 1. The zero-order chi connectivity index (χ0) is 38.1. The maximum Gasteiger partial charge on any atom is 0.417 e. The van der Waals surface area contributed by atoms with Gasteiger partial charge in [-0.15, -0.1) is 0 Å². The van der Waals surface area contributed by atoms with Gasteiger partial charge in [-0.3, -0.25) is 14.6 Å². The highest BCUT2D eigenvalue weighted by Gasteiger charge is 2.35. The lowest BCUT2D eigenvalue weighted by Gasteiger charge is -2.20. The van der Waals surface area contributed by atoms with Crippen LogP contribution < -0.4 is 9.47 Å². The minimum atomic E-state index is -4.62. The molecule has 2 N–H and O–H groups in total. The van der Waals surface area contributed by atoms with Crippen LogP contribution in [0.2, 0.25) is 5.02 Å². The van der Waals surface area contributed by atoms with Gasteiger partial charge < -0.3 is 19.7 Å². The number of benzene rings is 4. The zero-order valence-electron chi connectivity index (χ0n) is 30.3. The topological polar surface area (TPSA) is 82.5 Å². The lowest BCUT2D eigenvalue weighted by atomic mass is 9.95. The van der Waals surface area contributed by atoms with Gasteiger partial charge in [-0.2, -0.15) is 13.2 Å². The highest BCUT2D eigenvalue weighted by Crippen LogP contribution is 2.43. The maximum atomic E-state index is 14.4. The van der Waals surface area contributed by atoms with Crippen LogP contribution in [-0.4, -0.2) is 65.4 Å². The summed E-state index contributed by atoms with van der Waals surface area (Å²) in [5, 5.41) is 19.7. The minimum Gasteiger partial charge on any atom is -0.496 e. The van der Waals surface area contributed by atoms with E-state index >= 15 is 0 Å². The van der Waals surface area contributed by atoms with E-state index in [0.29, 0.717) is 41.6 Å². The van der Waals surface area contributed by atoms with Gasteiger partial charge >= 0.3 is 12.1 Å². The number of aliphatic hydroxyl groups excluding tert-OH is 1. The molecule has 1 unspecified atom stereocenters. The number of aliphatic hydroxyl groups is 1. The van der Waals surface area contributed by atoms with E-state index in [1.807, 2.05) is 48.2 Å². The van der Waals surface area contributed by atoms with Crippen LogP contribution in [0.5, 0.6) is 11.5 Å². The molecule has 2 aliphatic heterocycles. The summed E-state index contributed by atoms with van der Waals surface area (Å²) in [6.07, 6.45) is 1.11. The Hall–Kier alpha value is -4.35. The predicted molar refractivity (Wildman–Crippen MR) is 204 cm³/mol. The molecule has 3 atom stereocenters. The number of hydrogen-bond acceptors (Lipinski definition) is 6. The first-order valence-corrected chi connectivity index (χ1v) is 18.7. The second-order valence-corrected chi connectivity index (χ2v) is 15.0. The molecule has 0 radical (unpaired) electrons. The molecule has 0 spiro atoms. The summed E-state index contributed by atoms with van der Waals surface area (Å²) in [4.78, 5) is 15.5. The Bertz CT molecular complexity index is 2070. The molecule has 0 bridgehead atoms. The van der Waals surface area contributed by atoms with Gasteiger partial charge in [0.2, 0.25) is 0 Å². The summed E-state index contributed by atoms with van der Waals surface area (Å²) >= 11 is 7.04. The van der Waals surface area contributed by atoms with Crippen molar-refractivity contribution in [3.63, 3.8) is 0 Å².